The summed E-state index contributed by atoms with van der Waals surface area (Å²) in [7, 11) is -3.82. The van der Waals surface area contributed by atoms with Crippen molar-refractivity contribution in [3.05, 3.63) is 171 Å². The Bertz CT molecular complexity index is 3710. The largest absolute Gasteiger partial charge is 0.508 e. The number of ether oxygens (including phenoxy) is 5. The van der Waals surface area contributed by atoms with E-state index >= 15 is 8.78 Å². The number of alkyl halides is 6. The number of halogens is 11. The molecule has 0 spiro atoms. The van der Waals surface area contributed by atoms with E-state index < -0.39 is 100 Å². The number of aryl methyl sites for hydroxylation is 2. The van der Waals surface area contributed by atoms with E-state index in [0.717, 1.165) is 43.4 Å². The van der Waals surface area contributed by atoms with Crippen LogP contribution in [-0.2, 0) is 45.5 Å². The van der Waals surface area contributed by atoms with E-state index in [0.29, 0.717) is 64.3 Å². The Kier molecular flexibility index (Phi) is 21.1. The van der Waals surface area contributed by atoms with E-state index in [1.165, 1.54) is 77.6 Å². The maximum atomic E-state index is 15.3. The van der Waals surface area contributed by atoms with Gasteiger partial charge in [0, 0.05) is 47.5 Å². The van der Waals surface area contributed by atoms with E-state index in [4.69, 9.17) is 28.8 Å². The Labute approximate surface area is 469 Å². The molecule has 0 aliphatic carbocycles. The number of nitrogens with zero attached hydrogens (tertiary/aromatic N) is 6. The predicted octanol–water partition coefficient (Wildman–Crippen LogP) is 13.1. The predicted molar refractivity (Wildman–Crippen MR) is 279 cm³/mol. The van der Waals surface area contributed by atoms with Crippen LogP contribution in [-0.4, -0.2) is 70.8 Å². The van der Waals surface area contributed by atoms with Gasteiger partial charge in [-0.25, -0.2) is 47.4 Å². The molecule has 0 aliphatic rings. The summed E-state index contributed by atoms with van der Waals surface area (Å²) in [6.07, 6.45) is -9.09. The van der Waals surface area contributed by atoms with E-state index in [2.05, 4.69) is 20.4 Å². The van der Waals surface area contributed by atoms with Crippen molar-refractivity contribution in [3.63, 3.8) is 0 Å². The molecule has 0 saturated carbocycles. The SMILES string of the molecule is C.COc1ccc(CN(c2nncs2)S(=O)(=O)c2cc(F)c(F)cc2F)c(OC)c1.COc1ccc(CN(c2nncs2)S(=O)(=O)c2cc(F)c(Oc3cc(C)cc(C(F)(F)F)c3)cc2F)c(OC)c1.Cc1cc(O)cc(C(F)(F)F)c1. The second kappa shape index (κ2) is 26.7. The van der Waals surface area contributed by atoms with Crippen molar-refractivity contribution >= 4 is 53.0 Å². The third kappa shape index (κ3) is 15.7. The Morgan fingerprint density at radius 2 is 0.927 bits per heavy atom. The van der Waals surface area contributed by atoms with Crippen LogP contribution in [0.3, 0.4) is 0 Å². The number of phenolic OH excluding ortho intramolecular Hbond substituents is 1. The van der Waals surface area contributed by atoms with Crippen LogP contribution in [0.15, 0.2) is 118 Å². The smallest absolute Gasteiger partial charge is 0.416 e. The van der Waals surface area contributed by atoms with Crippen molar-refractivity contribution < 1.29 is 93.9 Å². The van der Waals surface area contributed by atoms with E-state index in [1.54, 1.807) is 24.3 Å². The minimum atomic E-state index is -4.80. The van der Waals surface area contributed by atoms with Gasteiger partial charge >= 0.3 is 12.4 Å². The highest BCUT2D eigenvalue weighted by atomic mass is 32.2. The molecule has 0 saturated heterocycles. The minimum Gasteiger partial charge on any atom is -0.508 e. The lowest BCUT2D eigenvalue weighted by atomic mass is 10.1. The summed E-state index contributed by atoms with van der Waals surface area (Å²) in [4.78, 5) is -2.08. The standard InChI is InChI=1S/C25H20F5N3O5S2.C17H14F3N3O4S2.C8H7F3O.CH4/c1-14-6-16(25(28,29)30)8-18(7-14)38-22-10-20(27)23(11-19(22)26)40(34,35)33(24-32-31-13-39-24)12-15-4-5-17(36-2)9-21(15)37-3;1-26-11-4-3-10(15(5-11)27-2)8-23(17-22-21-9-28-17)29(24,25)16-7-13(19)12(18)6-14(16)20;1-5-2-6(8(9,10)11)4-7(12)3-5;/h4-11,13H,12H2,1-3H3;3-7,9H,8H2,1-2H3;2-4,12H,1H3;1H4. The highest BCUT2D eigenvalue weighted by molar-refractivity contribution is 7.93. The lowest BCUT2D eigenvalue weighted by Crippen LogP contribution is -2.31. The van der Waals surface area contributed by atoms with Crippen LogP contribution in [0.5, 0.6) is 40.2 Å². The number of phenols is 1. The number of aromatic hydroxyl groups is 1. The monoisotopic (exact) mass is 1240 g/mol. The summed E-state index contributed by atoms with van der Waals surface area (Å²) in [5, 5.41) is 23.4. The second-order valence-corrected chi connectivity index (χ2v) is 21.7. The van der Waals surface area contributed by atoms with Gasteiger partial charge in [-0.1, -0.05) is 30.1 Å². The molecule has 0 atom stereocenters. The highest BCUT2D eigenvalue weighted by Crippen LogP contribution is 2.39. The molecule has 1 N–H and O–H groups in total. The average molecular weight is 1240 g/mol. The number of rotatable bonds is 16. The lowest BCUT2D eigenvalue weighted by Gasteiger charge is -2.23. The molecule has 8 rings (SSSR count). The first-order valence-corrected chi connectivity index (χ1v) is 27.0. The number of sulfonamides is 2. The van der Waals surface area contributed by atoms with Crippen LogP contribution >= 0.6 is 22.7 Å². The molecule has 6 aromatic carbocycles. The van der Waals surface area contributed by atoms with Crippen molar-refractivity contribution in [1.82, 2.24) is 20.4 Å². The molecule has 440 valence electrons. The molecule has 31 heteroatoms. The molecule has 0 radical (unpaired) electrons. The number of methoxy groups -OCH3 is 4. The second-order valence-electron chi connectivity index (χ2n) is 16.4. The van der Waals surface area contributed by atoms with Gasteiger partial charge in [-0.15, -0.1) is 20.4 Å². The fourth-order valence-corrected chi connectivity index (χ4v) is 11.6. The van der Waals surface area contributed by atoms with Crippen LogP contribution in [0.1, 0.15) is 40.8 Å². The van der Waals surface area contributed by atoms with E-state index in [9.17, 15) is 56.3 Å². The molecular formula is C51H45F11N6O10S4. The zero-order valence-corrected chi connectivity index (χ0v) is 45.7. The Morgan fingerprint density at radius 1 is 0.500 bits per heavy atom. The summed E-state index contributed by atoms with van der Waals surface area (Å²) >= 11 is 1.71. The third-order valence-corrected chi connectivity index (χ3v) is 16.0. The van der Waals surface area contributed by atoms with Crippen molar-refractivity contribution in [3.8, 4) is 40.2 Å². The lowest BCUT2D eigenvalue weighted by molar-refractivity contribution is -0.138. The van der Waals surface area contributed by atoms with Crippen LogP contribution in [0.25, 0.3) is 0 Å². The van der Waals surface area contributed by atoms with Gasteiger partial charge in [0.15, 0.2) is 23.2 Å². The summed E-state index contributed by atoms with van der Waals surface area (Å²) in [5.74, 6) is -7.26. The molecule has 0 fully saturated rings. The van der Waals surface area contributed by atoms with Gasteiger partial charge in [0.2, 0.25) is 10.3 Å². The molecular weight excluding hydrogens is 1190 g/mol. The molecule has 0 unspecified atom stereocenters. The molecule has 2 heterocycles. The third-order valence-electron chi connectivity index (χ3n) is 10.8. The van der Waals surface area contributed by atoms with E-state index in [-0.39, 0.29) is 47.4 Å². The molecule has 16 nitrogen and oxygen atoms in total. The van der Waals surface area contributed by atoms with Crippen LogP contribution in [0.4, 0.5) is 58.6 Å². The summed E-state index contributed by atoms with van der Waals surface area (Å²) in [6, 6.07) is 16.2. The first kappa shape index (κ1) is 64.8. The zero-order valence-electron chi connectivity index (χ0n) is 42.4. The number of benzene rings is 6. The Morgan fingerprint density at radius 3 is 1.34 bits per heavy atom. The van der Waals surface area contributed by atoms with Crippen molar-refractivity contribution in [2.24, 2.45) is 0 Å². The maximum absolute atomic E-state index is 15.3. The minimum absolute atomic E-state index is 0. The summed E-state index contributed by atoms with van der Waals surface area (Å²) < 4.78 is 228. The average Bonchev–Trinajstić information content (AvgIpc) is 4.15. The normalized spacial score (nSPS) is 11.5. The van der Waals surface area contributed by atoms with Crippen LogP contribution in [0, 0.1) is 42.9 Å². The van der Waals surface area contributed by atoms with Gasteiger partial charge in [-0.05, 0) is 85.6 Å². The molecule has 0 aliphatic heterocycles. The van der Waals surface area contributed by atoms with Gasteiger partial charge < -0.3 is 28.8 Å². The molecule has 2 aromatic heterocycles. The number of hydrogen-bond donors (Lipinski definition) is 1. The van der Waals surface area contributed by atoms with Crippen LogP contribution < -0.4 is 32.3 Å². The first-order valence-electron chi connectivity index (χ1n) is 22.4. The van der Waals surface area contributed by atoms with E-state index in [1.807, 2.05) is 0 Å². The zero-order chi connectivity index (χ0) is 59.8. The van der Waals surface area contributed by atoms with Gasteiger partial charge in [0.05, 0.1) is 52.7 Å². The molecule has 82 heavy (non-hydrogen) atoms. The molecule has 0 bridgehead atoms. The van der Waals surface area contributed by atoms with Crippen molar-refractivity contribution in [2.45, 2.75) is 56.5 Å². The van der Waals surface area contributed by atoms with Crippen molar-refractivity contribution in [2.75, 3.05) is 37.0 Å². The first-order chi connectivity index (χ1) is 38.0. The summed E-state index contributed by atoms with van der Waals surface area (Å²) in [5.41, 5.74) is 1.97. The number of anilines is 2. The number of aromatic nitrogens is 4. The van der Waals surface area contributed by atoms with Gasteiger partial charge in [-0.2, -0.15) is 26.3 Å². The molecule has 8 aromatic rings. The molecule has 0 amide bonds. The fraction of sp³-hybridized carbons (Fsp3) is 0.216. The quantitative estimate of drug-likeness (QED) is 0.0709. The van der Waals surface area contributed by atoms with Gasteiger partial charge in [-0.3, -0.25) is 0 Å². The van der Waals surface area contributed by atoms with Crippen LogP contribution in [0.2, 0.25) is 0 Å². The maximum Gasteiger partial charge on any atom is 0.416 e. The Hall–Kier alpha value is -8.03. The topological polar surface area (TPSA) is 193 Å². The highest BCUT2D eigenvalue weighted by Gasteiger charge is 2.36. The fourth-order valence-electron chi connectivity index (χ4n) is 7.09. The summed E-state index contributed by atoms with van der Waals surface area (Å²) in [6.45, 7) is 2.14. The van der Waals surface area contributed by atoms with Gasteiger partial charge in [0.25, 0.3) is 20.0 Å². The van der Waals surface area contributed by atoms with Crippen molar-refractivity contribution in [1.29, 1.82) is 0 Å². The van der Waals surface area contributed by atoms with Gasteiger partial charge in [0.1, 0.15) is 66.9 Å². The Balaban J connectivity index is 0.000000255. The number of hydrogen-bond acceptors (Lipinski definition) is 16.